The third-order valence-corrected chi connectivity index (χ3v) is 2.53. The Hall–Kier alpha value is -1.59. The summed E-state index contributed by atoms with van der Waals surface area (Å²) in [6.45, 7) is 1.10. The van der Waals surface area contributed by atoms with Gasteiger partial charge in [-0.2, -0.15) is 0 Å². The Morgan fingerprint density at radius 2 is 2.50 bits per heavy atom. The summed E-state index contributed by atoms with van der Waals surface area (Å²) in [5.41, 5.74) is 1.96. The van der Waals surface area contributed by atoms with E-state index in [1.165, 1.54) is 0 Å². The number of hydroxylamine groups is 2. The molecule has 0 bridgehead atoms. The second kappa shape index (κ2) is 2.70. The molecule has 0 spiro atoms. The molecule has 0 aromatic carbocycles. The van der Waals surface area contributed by atoms with E-state index >= 15 is 0 Å². The molecule has 0 radical (unpaired) electrons. The van der Waals surface area contributed by atoms with Gasteiger partial charge in [-0.05, 0) is 12.2 Å². The third-order valence-electron chi connectivity index (χ3n) is 2.53. The van der Waals surface area contributed by atoms with Crippen LogP contribution in [0, 0.1) is 5.21 Å². The van der Waals surface area contributed by atoms with Crippen molar-refractivity contribution in [2.24, 2.45) is 4.99 Å². The molecular weight excluding hydrogens is 180 g/mol. The number of hydrogen-bond acceptors (Lipinski definition) is 4. The lowest BCUT2D eigenvalue weighted by Crippen LogP contribution is -3.07. The standard InChI is InChI=1S/C9H10N4O/c14-13-3-1-2-8-9(13)11-5-7-4-10-6-12(7)8/h1-2,4-5,11,13H,3,6H2. The average molecular weight is 190 g/mol. The van der Waals surface area contributed by atoms with Crippen LogP contribution < -0.4 is 10.4 Å². The first kappa shape index (κ1) is 7.78. The van der Waals surface area contributed by atoms with Crippen LogP contribution in [0.25, 0.3) is 0 Å². The minimum absolute atomic E-state index is 0.143. The number of rotatable bonds is 0. The van der Waals surface area contributed by atoms with Crippen molar-refractivity contribution >= 4 is 6.21 Å². The van der Waals surface area contributed by atoms with Crippen LogP contribution in [0.1, 0.15) is 0 Å². The van der Waals surface area contributed by atoms with Gasteiger partial charge in [-0.25, -0.2) is 0 Å². The van der Waals surface area contributed by atoms with E-state index in [4.69, 9.17) is 0 Å². The molecule has 0 fully saturated rings. The number of nitrogens with one attached hydrogen (secondary N) is 2. The topological polar surface area (TPSA) is 55.1 Å². The summed E-state index contributed by atoms with van der Waals surface area (Å²) in [4.78, 5) is 6.18. The summed E-state index contributed by atoms with van der Waals surface area (Å²) in [7, 11) is 0. The fourth-order valence-corrected chi connectivity index (χ4v) is 1.83. The minimum atomic E-state index is 0.143. The van der Waals surface area contributed by atoms with Crippen LogP contribution in [-0.4, -0.2) is 24.3 Å². The van der Waals surface area contributed by atoms with Crippen molar-refractivity contribution in [1.82, 2.24) is 10.2 Å². The number of fused-ring (bicyclic) bond motifs is 2. The van der Waals surface area contributed by atoms with E-state index in [0.29, 0.717) is 19.0 Å². The van der Waals surface area contributed by atoms with Crippen LogP contribution in [0.5, 0.6) is 0 Å². The van der Waals surface area contributed by atoms with Crippen LogP contribution in [0.15, 0.2) is 40.6 Å². The van der Waals surface area contributed by atoms with Gasteiger partial charge in [0.1, 0.15) is 18.9 Å². The Balaban J connectivity index is 2.03. The Morgan fingerprint density at radius 3 is 3.43 bits per heavy atom. The van der Waals surface area contributed by atoms with Crippen LogP contribution in [0.4, 0.5) is 0 Å². The van der Waals surface area contributed by atoms with Gasteiger partial charge in [-0.15, -0.1) is 0 Å². The van der Waals surface area contributed by atoms with Crippen molar-refractivity contribution in [1.29, 1.82) is 0 Å². The maximum absolute atomic E-state index is 11.5. The smallest absolute Gasteiger partial charge is 0.228 e. The van der Waals surface area contributed by atoms with E-state index in [1.54, 1.807) is 0 Å². The summed E-state index contributed by atoms with van der Waals surface area (Å²) >= 11 is 0. The van der Waals surface area contributed by atoms with E-state index in [9.17, 15) is 5.21 Å². The maximum atomic E-state index is 11.5. The van der Waals surface area contributed by atoms with Gasteiger partial charge in [-0.1, -0.05) is 0 Å². The number of allylic oxidation sites excluding steroid dienone is 2. The zero-order valence-electron chi connectivity index (χ0n) is 7.53. The summed E-state index contributed by atoms with van der Waals surface area (Å²) in [6.07, 6.45) is 7.51. The van der Waals surface area contributed by atoms with Gasteiger partial charge in [-0.3, -0.25) is 4.99 Å². The van der Waals surface area contributed by atoms with Crippen LogP contribution >= 0.6 is 0 Å². The molecule has 5 heteroatoms. The van der Waals surface area contributed by atoms with Gasteiger partial charge in [0, 0.05) is 12.4 Å². The second-order valence-electron chi connectivity index (χ2n) is 3.38. The molecule has 1 unspecified atom stereocenters. The summed E-state index contributed by atoms with van der Waals surface area (Å²) in [5.74, 6) is 0.696. The molecule has 3 aliphatic heterocycles. The highest BCUT2D eigenvalue weighted by Crippen LogP contribution is 2.22. The summed E-state index contributed by atoms with van der Waals surface area (Å²) in [5, 5.41) is 14.7. The zero-order chi connectivity index (χ0) is 9.54. The van der Waals surface area contributed by atoms with Crippen molar-refractivity contribution in [2.45, 2.75) is 0 Å². The monoisotopic (exact) mass is 190 g/mol. The largest absolute Gasteiger partial charge is 0.627 e. The molecule has 3 heterocycles. The second-order valence-corrected chi connectivity index (χ2v) is 3.38. The van der Waals surface area contributed by atoms with Gasteiger partial charge in [0.15, 0.2) is 0 Å². The minimum Gasteiger partial charge on any atom is -0.627 e. The van der Waals surface area contributed by atoms with Crippen molar-refractivity contribution in [2.75, 3.05) is 13.2 Å². The van der Waals surface area contributed by atoms with Gasteiger partial charge in [0.05, 0.1) is 5.70 Å². The molecule has 0 saturated heterocycles. The molecule has 3 aliphatic rings. The Labute approximate surface area is 81.3 Å². The highest BCUT2D eigenvalue weighted by Gasteiger charge is 2.27. The first-order chi connectivity index (χ1) is 6.86. The van der Waals surface area contributed by atoms with E-state index in [1.807, 2.05) is 29.5 Å². The van der Waals surface area contributed by atoms with Gasteiger partial charge >= 0.3 is 0 Å². The van der Waals surface area contributed by atoms with E-state index in [-0.39, 0.29) is 5.06 Å². The molecule has 0 amide bonds. The van der Waals surface area contributed by atoms with Crippen LogP contribution in [-0.2, 0) is 0 Å². The molecule has 1 atom stereocenters. The first-order valence-corrected chi connectivity index (χ1v) is 4.54. The Kier molecular flexibility index (Phi) is 1.50. The fraction of sp³-hybridized carbons (Fsp3) is 0.222. The number of quaternary nitrogens is 1. The molecule has 3 rings (SSSR count). The number of hydrogen-bond donors (Lipinski definition) is 2. The molecule has 2 N–H and O–H groups in total. The number of aliphatic imine (C=N–C) groups is 1. The molecule has 0 saturated carbocycles. The van der Waals surface area contributed by atoms with Crippen LogP contribution in [0.3, 0.4) is 0 Å². The van der Waals surface area contributed by atoms with Crippen molar-refractivity contribution in [3.05, 3.63) is 40.8 Å². The lowest BCUT2D eigenvalue weighted by molar-refractivity contribution is -0.804. The highest BCUT2D eigenvalue weighted by atomic mass is 16.5. The highest BCUT2D eigenvalue weighted by molar-refractivity contribution is 5.81. The Bertz CT molecular complexity index is 394. The van der Waals surface area contributed by atoms with E-state index < -0.39 is 0 Å². The lowest BCUT2D eigenvalue weighted by atomic mass is 10.2. The predicted molar refractivity (Wildman–Crippen MR) is 51.8 cm³/mol. The molecule has 0 aromatic heterocycles. The third kappa shape index (κ3) is 0.934. The predicted octanol–water partition coefficient (Wildman–Crippen LogP) is -1.10. The molecule has 0 aromatic rings. The van der Waals surface area contributed by atoms with Gasteiger partial charge < -0.3 is 20.5 Å². The SMILES string of the molecule is [O-][NH+]1CC=CC2=C1NC=C1C=NCN12. The van der Waals surface area contributed by atoms with Gasteiger partial charge in [0.2, 0.25) is 5.82 Å². The number of nitrogens with zero attached hydrogens (tertiary/aromatic N) is 2. The molecule has 72 valence electrons. The van der Waals surface area contributed by atoms with Gasteiger partial charge in [0.25, 0.3) is 0 Å². The average Bonchev–Trinajstić information content (AvgIpc) is 2.66. The normalized spacial score (nSPS) is 28.5. The lowest BCUT2D eigenvalue weighted by Gasteiger charge is -2.34. The molecule has 14 heavy (non-hydrogen) atoms. The zero-order valence-corrected chi connectivity index (χ0v) is 7.53. The quantitative estimate of drug-likeness (QED) is 0.477. The first-order valence-electron chi connectivity index (χ1n) is 4.54. The molecule has 0 aliphatic carbocycles. The fourth-order valence-electron chi connectivity index (χ4n) is 1.83. The molecular formula is C9H10N4O. The van der Waals surface area contributed by atoms with Crippen LogP contribution in [0.2, 0.25) is 0 Å². The molecule has 5 nitrogen and oxygen atoms in total. The summed E-state index contributed by atoms with van der Waals surface area (Å²) in [6, 6.07) is 0. The van der Waals surface area contributed by atoms with E-state index in [0.717, 1.165) is 11.4 Å². The van der Waals surface area contributed by atoms with E-state index in [2.05, 4.69) is 10.3 Å². The Morgan fingerprint density at radius 1 is 1.57 bits per heavy atom. The summed E-state index contributed by atoms with van der Waals surface area (Å²) < 4.78 is 0. The van der Waals surface area contributed by atoms with Crippen molar-refractivity contribution in [3.63, 3.8) is 0 Å². The van der Waals surface area contributed by atoms with Crippen molar-refractivity contribution < 1.29 is 5.06 Å². The maximum Gasteiger partial charge on any atom is 0.228 e. The van der Waals surface area contributed by atoms with Crippen molar-refractivity contribution in [3.8, 4) is 0 Å².